The molecule has 2 aromatic heterocycles. The highest BCUT2D eigenvalue weighted by atomic mass is 32.2. The minimum atomic E-state index is -0.421. The highest BCUT2D eigenvalue weighted by Crippen LogP contribution is 2.32. The summed E-state index contributed by atoms with van der Waals surface area (Å²) in [5.74, 6) is 0.310. The first-order valence-corrected chi connectivity index (χ1v) is 10.5. The Morgan fingerprint density at radius 2 is 2.14 bits per heavy atom. The number of ketones is 1. The van der Waals surface area contributed by atoms with E-state index in [0.717, 1.165) is 20.4 Å². The molecule has 0 spiro atoms. The second kappa shape index (κ2) is 8.42. The summed E-state index contributed by atoms with van der Waals surface area (Å²) in [5, 5.41) is 10.9. The van der Waals surface area contributed by atoms with E-state index in [9.17, 15) is 14.9 Å². The summed E-state index contributed by atoms with van der Waals surface area (Å²) >= 11 is 2.72. The van der Waals surface area contributed by atoms with Crippen LogP contribution in [-0.2, 0) is 4.74 Å². The molecular weight excluding hydrogens is 398 g/mol. The standard InChI is InChI=1S/C19H21N3O4S2/c1-11-7-15(13(3)21(11)12(2)9-26-4)17(23)10-27-19-20-16-6-5-14(22(24)25)8-18(16)28-19/h5-8,12H,9-10H2,1-4H3/t12-/m0/s1. The van der Waals surface area contributed by atoms with Crippen LogP contribution < -0.4 is 0 Å². The smallest absolute Gasteiger partial charge is 0.270 e. The number of thioether (sulfide) groups is 1. The lowest BCUT2D eigenvalue weighted by molar-refractivity contribution is -0.384. The van der Waals surface area contributed by atoms with E-state index < -0.39 is 4.92 Å². The van der Waals surface area contributed by atoms with Gasteiger partial charge in [-0.2, -0.15) is 0 Å². The van der Waals surface area contributed by atoms with E-state index >= 15 is 0 Å². The fourth-order valence-corrected chi connectivity index (χ4v) is 5.31. The predicted molar refractivity (Wildman–Crippen MR) is 112 cm³/mol. The van der Waals surface area contributed by atoms with Gasteiger partial charge in [-0.25, -0.2) is 4.98 Å². The van der Waals surface area contributed by atoms with Gasteiger partial charge in [0, 0.05) is 36.2 Å². The fourth-order valence-electron chi connectivity index (χ4n) is 3.33. The van der Waals surface area contributed by atoms with Crippen molar-refractivity contribution in [1.29, 1.82) is 0 Å². The number of non-ortho nitro benzene ring substituents is 1. The summed E-state index contributed by atoms with van der Waals surface area (Å²) in [7, 11) is 1.67. The molecule has 0 aliphatic rings. The Balaban J connectivity index is 1.75. The summed E-state index contributed by atoms with van der Waals surface area (Å²) in [6.07, 6.45) is 0. The largest absolute Gasteiger partial charge is 0.383 e. The van der Waals surface area contributed by atoms with Crippen molar-refractivity contribution >= 4 is 44.8 Å². The van der Waals surface area contributed by atoms with Gasteiger partial charge < -0.3 is 9.30 Å². The van der Waals surface area contributed by atoms with Crippen LogP contribution in [0, 0.1) is 24.0 Å². The molecular formula is C19H21N3O4S2. The van der Waals surface area contributed by atoms with Gasteiger partial charge in [-0.15, -0.1) is 11.3 Å². The van der Waals surface area contributed by atoms with Gasteiger partial charge in [0.2, 0.25) is 0 Å². The summed E-state index contributed by atoms with van der Waals surface area (Å²) in [4.78, 5) is 27.7. The van der Waals surface area contributed by atoms with Crippen LogP contribution >= 0.6 is 23.1 Å². The number of nitro benzene ring substituents is 1. The molecule has 2 heterocycles. The third-order valence-electron chi connectivity index (χ3n) is 4.52. The molecule has 3 aromatic rings. The Kier molecular flexibility index (Phi) is 6.17. The topological polar surface area (TPSA) is 87.3 Å². The van der Waals surface area contributed by atoms with Gasteiger partial charge in [0.1, 0.15) is 0 Å². The molecule has 0 unspecified atom stereocenters. The van der Waals surface area contributed by atoms with Crippen LogP contribution in [0.15, 0.2) is 28.6 Å². The summed E-state index contributed by atoms with van der Waals surface area (Å²) in [5.41, 5.74) is 3.43. The third-order valence-corrected chi connectivity index (χ3v) is 6.68. The van der Waals surface area contributed by atoms with Crippen molar-refractivity contribution in [3.8, 4) is 0 Å². The average molecular weight is 420 g/mol. The van der Waals surface area contributed by atoms with E-state index in [1.165, 1.54) is 35.2 Å². The van der Waals surface area contributed by atoms with Crippen LogP contribution in [0.2, 0.25) is 0 Å². The quantitative estimate of drug-likeness (QED) is 0.225. The van der Waals surface area contributed by atoms with Gasteiger partial charge >= 0.3 is 0 Å². The first-order chi connectivity index (χ1) is 13.3. The molecule has 0 bridgehead atoms. The van der Waals surface area contributed by atoms with Crippen LogP contribution in [0.3, 0.4) is 0 Å². The van der Waals surface area contributed by atoms with Crippen LogP contribution in [0.5, 0.6) is 0 Å². The lowest BCUT2D eigenvalue weighted by Gasteiger charge is -2.17. The van der Waals surface area contributed by atoms with E-state index in [0.29, 0.717) is 17.7 Å². The van der Waals surface area contributed by atoms with Crippen LogP contribution in [0.4, 0.5) is 5.69 Å². The first kappa shape index (κ1) is 20.5. The van der Waals surface area contributed by atoms with Crippen molar-refractivity contribution in [2.45, 2.75) is 31.2 Å². The maximum Gasteiger partial charge on any atom is 0.270 e. The lowest BCUT2D eigenvalue weighted by Crippen LogP contribution is -2.14. The number of aromatic nitrogens is 2. The molecule has 3 rings (SSSR count). The van der Waals surface area contributed by atoms with Crippen molar-refractivity contribution in [1.82, 2.24) is 9.55 Å². The number of carbonyl (C=O) groups is 1. The highest BCUT2D eigenvalue weighted by Gasteiger charge is 2.19. The molecule has 0 saturated heterocycles. The summed E-state index contributed by atoms with van der Waals surface area (Å²) in [6, 6.07) is 6.67. The van der Waals surface area contributed by atoms with Gasteiger partial charge in [-0.05, 0) is 32.9 Å². The number of methoxy groups -OCH3 is 1. The monoisotopic (exact) mass is 419 g/mol. The molecule has 148 valence electrons. The number of aryl methyl sites for hydroxylation is 1. The molecule has 0 aliphatic carbocycles. The molecule has 1 aromatic carbocycles. The Labute approximate surface area is 170 Å². The minimum absolute atomic E-state index is 0.0409. The number of fused-ring (bicyclic) bond motifs is 1. The predicted octanol–water partition coefficient (Wildman–Crippen LogP) is 4.81. The molecule has 0 radical (unpaired) electrons. The second-order valence-electron chi connectivity index (χ2n) is 6.56. The molecule has 9 heteroatoms. The number of ether oxygens (including phenoxy) is 1. The number of carbonyl (C=O) groups excluding carboxylic acids is 1. The van der Waals surface area contributed by atoms with Crippen LogP contribution in [-0.4, -0.2) is 39.7 Å². The number of hydrogen-bond acceptors (Lipinski definition) is 7. The molecule has 0 aliphatic heterocycles. The number of rotatable bonds is 8. The number of nitro groups is 1. The minimum Gasteiger partial charge on any atom is -0.383 e. The summed E-state index contributed by atoms with van der Waals surface area (Å²) in [6.45, 7) is 6.58. The third kappa shape index (κ3) is 4.11. The second-order valence-corrected chi connectivity index (χ2v) is 8.81. The summed E-state index contributed by atoms with van der Waals surface area (Å²) < 4.78 is 8.83. The zero-order chi connectivity index (χ0) is 20.4. The maximum atomic E-state index is 12.8. The number of nitrogens with zero attached hydrogens (tertiary/aromatic N) is 3. The molecule has 0 N–H and O–H groups in total. The Morgan fingerprint density at radius 1 is 1.39 bits per heavy atom. The maximum absolute atomic E-state index is 12.8. The van der Waals surface area contributed by atoms with Crippen molar-refractivity contribution < 1.29 is 14.5 Å². The fraction of sp³-hybridized carbons (Fsp3) is 0.368. The zero-order valence-electron chi connectivity index (χ0n) is 16.1. The Bertz CT molecular complexity index is 1040. The van der Waals surface area contributed by atoms with Crippen molar-refractivity contribution in [3.63, 3.8) is 0 Å². The number of benzene rings is 1. The normalized spacial score (nSPS) is 12.4. The lowest BCUT2D eigenvalue weighted by atomic mass is 10.2. The molecule has 0 amide bonds. The zero-order valence-corrected chi connectivity index (χ0v) is 17.7. The molecule has 0 saturated carbocycles. The number of thiazole rings is 1. The molecule has 0 fully saturated rings. The molecule has 28 heavy (non-hydrogen) atoms. The average Bonchev–Trinajstić information content (AvgIpc) is 3.19. The molecule has 7 nitrogen and oxygen atoms in total. The number of hydrogen-bond donors (Lipinski definition) is 0. The SMILES string of the molecule is COC[C@H](C)n1c(C)cc(C(=O)CSc2nc3ccc([N+](=O)[O-])cc3s2)c1C. The van der Waals surface area contributed by atoms with E-state index in [4.69, 9.17) is 4.74 Å². The van der Waals surface area contributed by atoms with Crippen LogP contribution in [0.1, 0.15) is 34.7 Å². The first-order valence-electron chi connectivity index (χ1n) is 8.70. The van der Waals surface area contributed by atoms with Gasteiger partial charge in [0.25, 0.3) is 5.69 Å². The van der Waals surface area contributed by atoms with E-state index in [-0.39, 0.29) is 23.3 Å². The Morgan fingerprint density at radius 3 is 2.82 bits per heavy atom. The van der Waals surface area contributed by atoms with Crippen molar-refractivity contribution in [2.75, 3.05) is 19.5 Å². The highest BCUT2D eigenvalue weighted by molar-refractivity contribution is 8.01. The van der Waals surface area contributed by atoms with E-state index in [2.05, 4.69) is 16.5 Å². The van der Waals surface area contributed by atoms with E-state index in [1.807, 2.05) is 19.9 Å². The van der Waals surface area contributed by atoms with Crippen molar-refractivity contribution in [2.24, 2.45) is 0 Å². The van der Waals surface area contributed by atoms with Crippen LogP contribution in [0.25, 0.3) is 10.2 Å². The van der Waals surface area contributed by atoms with Gasteiger partial charge in [0.15, 0.2) is 10.1 Å². The van der Waals surface area contributed by atoms with Gasteiger partial charge in [0.05, 0.1) is 33.5 Å². The van der Waals surface area contributed by atoms with Gasteiger partial charge in [-0.1, -0.05) is 11.8 Å². The van der Waals surface area contributed by atoms with Gasteiger partial charge in [-0.3, -0.25) is 14.9 Å². The Hall–Kier alpha value is -2.23. The molecule has 1 atom stereocenters. The van der Waals surface area contributed by atoms with Crippen molar-refractivity contribution in [3.05, 3.63) is 51.3 Å². The number of Topliss-reactive ketones (excluding diaryl/α,β-unsaturated/α-hetero) is 1. The van der Waals surface area contributed by atoms with E-state index in [1.54, 1.807) is 13.2 Å².